The molecule has 1 amide bonds. The van der Waals surface area contributed by atoms with Crippen molar-refractivity contribution in [2.45, 2.75) is 5.92 Å². The molecule has 6 aromatic rings. The Hall–Kier alpha value is -4.61. The van der Waals surface area contributed by atoms with Gasteiger partial charge < -0.3 is 10.3 Å². The van der Waals surface area contributed by atoms with Gasteiger partial charge in [-0.15, -0.1) is 0 Å². The second-order valence-electron chi connectivity index (χ2n) is 9.12. The quantitative estimate of drug-likeness (QED) is 0.264. The summed E-state index contributed by atoms with van der Waals surface area (Å²) in [5.74, 6) is -0.546. The van der Waals surface area contributed by atoms with Gasteiger partial charge in [0, 0.05) is 21.8 Å². The van der Waals surface area contributed by atoms with Crippen LogP contribution in [-0.2, 0) is 4.79 Å². The Morgan fingerprint density at radius 3 is 2.19 bits per heavy atom. The van der Waals surface area contributed by atoms with Gasteiger partial charge in [0.05, 0.1) is 22.7 Å². The van der Waals surface area contributed by atoms with Crippen LogP contribution in [-0.4, -0.2) is 20.7 Å². The molecule has 4 aromatic carbocycles. The maximum absolute atomic E-state index is 13.6. The molecule has 2 aromatic heterocycles. The van der Waals surface area contributed by atoms with Crippen molar-refractivity contribution in [1.82, 2.24) is 14.8 Å². The summed E-state index contributed by atoms with van der Waals surface area (Å²) in [6, 6.07) is 35.7. The molecule has 6 heteroatoms. The molecule has 3 heterocycles. The molecule has 2 N–H and O–H groups in total. The molecule has 37 heavy (non-hydrogen) atoms. The van der Waals surface area contributed by atoms with Crippen molar-refractivity contribution in [3.8, 4) is 28.2 Å². The van der Waals surface area contributed by atoms with E-state index in [-0.39, 0.29) is 5.91 Å². The lowest BCUT2D eigenvalue weighted by Gasteiger charge is -2.13. The fourth-order valence-electron chi connectivity index (χ4n) is 5.28. The van der Waals surface area contributed by atoms with Gasteiger partial charge in [-0.25, -0.2) is 4.68 Å². The van der Waals surface area contributed by atoms with E-state index in [2.05, 4.69) is 22.4 Å². The molecule has 1 aliphatic heterocycles. The van der Waals surface area contributed by atoms with Crippen LogP contribution in [0.4, 0.5) is 5.69 Å². The summed E-state index contributed by atoms with van der Waals surface area (Å²) < 4.78 is 1.93. The zero-order valence-electron chi connectivity index (χ0n) is 19.7. The first-order chi connectivity index (χ1) is 18.2. The highest BCUT2D eigenvalue weighted by Crippen LogP contribution is 2.47. The van der Waals surface area contributed by atoms with Crippen LogP contribution in [0.2, 0.25) is 5.02 Å². The number of halogens is 1. The number of para-hydroxylation sites is 2. The van der Waals surface area contributed by atoms with Crippen molar-refractivity contribution in [3.63, 3.8) is 0 Å². The number of H-pyrrole nitrogens is 1. The number of carbonyl (C=O) groups is 1. The summed E-state index contributed by atoms with van der Waals surface area (Å²) in [6.07, 6.45) is 0. The van der Waals surface area contributed by atoms with E-state index in [1.807, 2.05) is 102 Å². The Kier molecular flexibility index (Phi) is 4.98. The molecule has 0 saturated carbocycles. The third-order valence-electron chi connectivity index (χ3n) is 6.93. The topological polar surface area (TPSA) is 62.7 Å². The van der Waals surface area contributed by atoms with Gasteiger partial charge in [0.15, 0.2) is 0 Å². The Balaban J connectivity index is 1.61. The number of anilines is 1. The Labute approximate surface area is 218 Å². The Morgan fingerprint density at radius 1 is 0.757 bits per heavy atom. The van der Waals surface area contributed by atoms with Crippen molar-refractivity contribution < 1.29 is 4.79 Å². The summed E-state index contributed by atoms with van der Waals surface area (Å²) in [4.78, 5) is 17.2. The molecule has 1 unspecified atom stereocenters. The van der Waals surface area contributed by atoms with Crippen LogP contribution in [0.3, 0.4) is 0 Å². The van der Waals surface area contributed by atoms with Crippen LogP contribution < -0.4 is 5.32 Å². The van der Waals surface area contributed by atoms with Gasteiger partial charge in [-0.05, 0) is 41.5 Å². The van der Waals surface area contributed by atoms with Crippen LogP contribution in [0.25, 0.3) is 39.2 Å². The van der Waals surface area contributed by atoms with Gasteiger partial charge in [0.2, 0.25) is 5.91 Å². The predicted octanol–water partition coefficient (Wildman–Crippen LogP) is 7.43. The fourth-order valence-corrected chi connectivity index (χ4v) is 5.41. The van der Waals surface area contributed by atoms with Crippen LogP contribution in [0, 0.1) is 0 Å². The molecule has 0 aliphatic carbocycles. The number of hydrogen-bond acceptors (Lipinski definition) is 2. The second kappa shape index (κ2) is 8.50. The molecule has 0 fully saturated rings. The molecule has 0 bridgehead atoms. The average Bonchev–Trinajstić information content (AvgIpc) is 3.60. The number of nitrogens with zero attached hydrogens (tertiary/aromatic N) is 2. The smallest absolute Gasteiger partial charge is 0.236 e. The molecule has 7 rings (SSSR count). The summed E-state index contributed by atoms with van der Waals surface area (Å²) in [5, 5.41) is 9.75. The normalized spacial score (nSPS) is 14.6. The van der Waals surface area contributed by atoms with E-state index in [1.54, 1.807) is 0 Å². The minimum Gasteiger partial charge on any atom is -0.339 e. The third-order valence-corrected chi connectivity index (χ3v) is 7.18. The van der Waals surface area contributed by atoms with E-state index in [9.17, 15) is 4.79 Å². The van der Waals surface area contributed by atoms with Crippen molar-refractivity contribution in [2.75, 3.05) is 5.32 Å². The first kappa shape index (κ1) is 21.7. The SMILES string of the molecule is O=C1Nc2ccccc2C1c1c(-c2ccc(Cl)cc2)[nH]c2c1c(-c1ccccc1)nn2-c1ccccc1. The molecule has 1 aliphatic rings. The first-order valence-corrected chi connectivity index (χ1v) is 12.5. The number of nitrogens with one attached hydrogen (secondary N) is 2. The highest BCUT2D eigenvalue weighted by molar-refractivity contribution is 6.30. The van der Waals surface area contributed by atoms with E-state index in [0.717, 1.165) is 56.0 Å². The highest BCUT2D eigenvalue weighted by atomic mass is 35.5. The van der Waals surface area contributed by atoms with Gasteiger partial charge in [-0.2, -0.15) is 5.10 Å². The van der Waals surface area contributed by atoms with Crippen molar-refractivity contribution >= 4 is 34.2 Å². The van der Waals surface area contributed by atoms with Gasteiger partial charge in [0.1, 0.15) is 11.3 Å². The lowest BCUT2D eigenvalue weighted by Crippen LogP contribution is -2.14. The largest absolute Gasteiger partial charge is 0.339 e. The summed E-state index contributed by atoms with van der Waals surface area (Å²) in [7, 11) is 0. The summed E-state index contributed by atoms with van der Waals surface area (Å²) in [5.41, 5.74) is 8.10. The van der Waals surface area contributed by atoms with E-state index in [0.29, 0.717) is 5.02 Å². The van der Waals surface area contributed by atoms with Gasteiger partial charge in [0.25, 0.3) is 0 Å². The van der Waals surface area contributed by atoms with Gasteiger partial charge in [-0.3, -0.25) is 4.79 Å². The van der Waals surface area contributed by atoms with Crippen LogP contribution in [0.15, 0.2) is 109 Å². The summed E-state index contributed by atoms with van der Waals surface area (Å²) in [6.45, 7) is 0. The molecule has 0 spiro atoms. The molecular weight excluding hydrogens is 480 g/mol. The Morgan fingerprint density at radius 2 is 1.43 bits per heavy atom. The minimum atomic E-state index is -0.494. The van der Waals surface area contributed by atoms with Crippen LogP contribution in [0.5, 0.6) is 0 Å². The standard InChI is InChI=1S/C31H21ClN4O/c32-21-17-15-20(16-18-21)28-26(25-23-13-7-8-14-24(23)33-31(25)37)27-29(19-9-3-1-4-10-19)35-36(30(27)34-28)22-11-5-2-6-12-22/h1-18,25,34H,(H,33,37). The van der Waals surface area contributed by atoms with Gasteiger partial charge in [-0.1, -0.05) is 90.5 Å². The number of hydrogen-bond donors (Lipinski definition) is 2. The fraction of sp³-hybridized carbons (Fsp3) is 0.0323. The molecule has 1 atom stereocenters. The van der Waals surface area contributed by atoms with E-state index >= 15 is 0 Å². The number of benzene rings is 4. The first-order valence-electron chi connectivity index (χ1n) is 12.1. The second-order valence-corrected chi connectivity index (χ2v) is 9.55. The molecule has 5 nitrogen and oxygen atoms in total. The molecular formula is C31H21ClN4O. The van der Waals surface area contributed by atoms with Crippen LogP contribution in [0.1, 0.15) is 17.0 Å². The van der Waals surface area contributed by atoms with Gasteiger partial charge >= 0.3 is 0 Å². The number of aromatic nitrogens is 3. The zero-order chi connectivity index (χ0) is 24.9. The lowest BCUT2D eigenvalue weighted by molar-refractivity contribution is -0.116. The molecule has 178 valence electrons. The number of amides is 1. The van der Waals surface area contributed by atoms with Crippen molar-refractivity contribution in [3.05, 3.63) is 125 Å². The van der Waals surface area contributed by atoms with E-state index < -0.39 is 5.92 Å². The maximum atomic E-state index is 13.6. The van der Waals surface area contributed by atoms with E-state index in [4.69, 9.17) is 16.7 Å². The zero-order valence-corrected chi connectivity index (χ0v) is 20.4. The average molecular weight is 501 g/mol. The van der Waals surface area contributed by atoms with Crippen LogP contribution >= 0.6 is 11.6 Å². The molecule has 0 radical (unpaired) electrons. The number of fused-ring (bicyclic) bond motifs is 2. The maximum Gasteiger partial charge on any atom is 0.236 e. The number of aromatic amines is 1. The highest BCUT2D eigenvalue weighted by Gasteiger charge is 2.37. The van der Waals surface area contributed by atoms with E-state index in [1.165, 1.54) is 0 Å². The minimum absolute atomic E-state index is 0.0520. The number of rotatable bonds is 4. The predicted molar refractivity (Wildman–Crippen MR) is 148 cm³/mol. The Bertz CT molecular complexity index is 1770. The molecule has 0 saturated heterocycles. The third kappa shape index (κ3) is 3.47. The number of carbonyl (C=O) groups excluding carboxylic acids is 1. The van der Waals surface area contributed by atoms with Crippen molar-refractivity contribution in [2.24, 2.45) is 0 Å². The monoisotopic (exact) mass is 500 g/mol. The lowest BCUT2D eigenvalue weighted by atomic mass is 9.88. The van der Waals surface area contributed by atoms with Crippen molar-refractivity contribution in [1.29, 1.82) is 0 Å². The summed E-state index contributed by atoms with van der Waals surface area (Å²) >= 11 is 6.24.